The van der Waals surface area contributed by atoms with Gasteiger partial charge in [0, 0.05) is 63.5 Å². The average Bonchev–Trinajstić information content (AvgIpc) is 1.56. The summed E-state index contributed by atoms with van der Waals surface area (Å²) in [5.74, 6) is -3.19. The Balaban J connectivity index is 0.000000159. The second-order valence-electron chi connectivity index (χ2n) is 27.2. The van der Waals surface area contributed by atoms with E-state index in [2.05, 4.69) is 20.3 Å². The lowest BCUT2D eigenvalue weighted by atomic mass is 9.91. The molecule has 3 fully saturated rings. The van der Waals surface area contributed by atoms with Crippen molar-refractivity contribution in [1.82, 2.24) is 41.6 Å². The van der Waals surface area contributed by atoms with E-state index in [-0.39, 0.29) is 19.1 Å². The van der Waals surface area contributed by atoms with E-state index in [1.807, 2.05) is 215 Å². The van der Waals surface area contributed by atoms with Crippen LogP contribution in [-0.4, -0.2) is 103 Å². The summed E-state index contributed by atoms with van der Waals surface area (Å²) < 4.78 is 28.7. The number of carbonyl (C=O) groups is 7. The van der Waals surface area contributed by atoms with Gasteiger partial charge in [0.2, 0.25) is 23.6 Å². The summed E-state index contributed by atoms with van der Waals surface area (Å²) in [7, 11) is 1.74. The van der Waals surface area contributed by atoms with Crippen LogP contribution in [0.25, 0.3) is 32.7 Å². The topological polar surface area (TPSA) is 316 Å². The molecule has 3 saturated carbocycles. The Bertz CT molecular complexity index is 4870. The number of nitrogens with one attached hydrogen (secondary N) is 4. The minimum atomic E-state index is -1.06. The molecule has 0 radical (unpaired) electrons. The Labute approximate surface area is 613 Å². The van der Waals surface area contributed by atoms with Crippen molar-refractivity contribution in [1.29, 1.82) is 0 Å². The Morgan fingerprint density at radius 1 is 0.472 bits per heavy atom. The van der Waals surface area contributed by atoms with E-state index in [0.29, 0.717) is 81.3 Å². The maximum Gasteiger partial charge on any atom is 0.313 e. The molecule has 7 aromatic carbocycles. The van der Waals surface area contributed by atoms with Gasteiger partial charge in [-0.15, -0.1) is 0 Å². The number of likely N-dealkylation sites (N-methyl/N-ethyl adjacent to an activating group) is 1. The number of esters is 2. The quantitative estimate of drug-likeness (QED) is 0.0150. The molecular formula is C83H86N8O15. The molecule has 548 valence electrons. The first-order valence-corrected chi connectivity index (χ1v) is 35.1. The maximum atomic E-state index is 13.8. The van der Waals surface area contributed by atoms with E-state index in [9.17, 15) is 38.8 Å². The van der Waals surface area contributed by atoms with Crippen LogP contribution in [0.1, 0.15) is 96.1 Å². The predicted octanol–water partition coefficient (Wildman–Crippen LogP) is 11.5. The van der Waals surface area contributed by atoms with E-state index < -0.39 is 75.6 Å². The third-order valence-corrected chi connectivity index (χ3v) is 19.7. The lowest BCUT2D eigenvalue weighted by Crippen LogP contribution is -2.45. The van der Waals surface area contributed by atoms with Crippen LogP contribution in [0.15, 0.2) is 194 Å². The van der Waals surface area contributed by atoms with E-state index in [1.165, 1.54) is 12.4 Å². The van der Waals surface area contributed by atoms with Gasteiger partial charge in [-0.25, -0.2) is 16.4 Å². The summed E-state index contributed by atoms with van der Waals surface area (Å²) in [5.41, 5.74) is 14.0. The molecule has 3 aliphatic carbocycles. The molecule has 13 rings (SSSR count). The van der Waals surface area contributed by atoms with Crippen LogP contribution in [0, 0.1) is 49.4 Å². The zero-order valence-electron chi connectivity index (χ0n) is 60.1. The molecule has 0 unspecified atom stereocenters. The van der Waals surface area contributed by atoms with Crippen LogP contribution in [0.5, 0.6) is 17.2 Å². The van der Waals surface area contributed by atoms with Gasteiger partial charge in [-0.2, -0.15) is 0 Å². The number of rotatable bonds is 26. The number of hydroxylamine groups is 3. The number of fused-ring (bicyclic) bond motifs is 3. The number of ether oxygens (including phenoxy) is 5. The molecule has 5 amide bonds. The minimum Gasteiger partial charge on any atom is -0.489 e. The number of amides is 5. The normalized spacial score (nSPS) is 18.9. The fourth-order valence-corrected chi connectivity index (χ4v) is 14.0. The molecule has 7 atom stereocenters. The van der Waals surface area contributed by atoms with Gasteiger partial charge in [-0.3, -0.25) is 64.1 Å². The Hall–Kier alpha value is -11.7. The number of hydrogen-bond donors (Lipinski definition) is 7. The number of nitrogens with zero attached hydrogens (tertiary/aromatic N) is 4. The van der Waals surface area contributed by atoms with Crippen molar-refractivity contribution in [2.45, 2.75) is 111 Å². The first-order valence-electron chi connectivity index (χ1n) is 35.1. The summed E-state index contributed by atoms with van der Waals surface area (Å²) >= 11 is 0. The molecule has 23 heteroatoms. The Morgan fingerprint density at radius 2 is 0.887 bits per heavy atom. The molecule has 0 aliphatic heterocycles. The van der Waals surface area contributed by atoms with Gasteiger partial charge in [0.1, 0.15) is 43.1 Å². The van der Waals surface area contributed by atoms with Crippen LogP contribution >= 0.6 is 0 Å². The van der Waals surface area contributed by atoms with E-state index in [1.54, 1.807) is 36.8 Å². The van der Waals surface area contributed by atoms with Gasteiger partial charge in [-0.1, -0.05) is 121 Å². The molecule has 106 heavy (non-hydrogen) atoms. The number of carbonyl (C=O) groups excluding carboxylic acids is 7. The third-order valence-electron chi connectivity index (χ3n) is 19.7. The molecule has 3 aliphatic rings. The lowest BCUT2D eigenvalue weighted by molar-refractivity contribution is -0.152. The van der Waals surface area contributed by atoms with E-state index in [0.717, 1.165) is 83.2 Å². The molecule has 0 bridgehead atoms. The van der Waals surface area contributed by atoms with Crippen molar-refractivity contribution in [2.75, 3.05) is 20.3 Å². The number of para-hydroxylation sites is 3. The largest absolute Gasteiger partial charge is 0.489 e. The van der Waals surface area contributed by atoms with Gasteiger partial charge in [0.05, 0.1) is 63.8 Å². The third kappa shape index (κ3) is 17.2. The second kappa shape index (κ2) is 33.4. The van der Waals surface area contributed by atoms with E-state index in [4.69, 9.17) is 34.1 Å². The Kier molecular flexibility index (Phi) is 23.8. The Morgan fingerprint density at radius 3 is 1.32 bits per heavy atom. The zero-order chi connectivity index (χ0) is 75.3. The minimum absolute atomic E-state index is 0.169. The summed E-state index contributed by atoms with van der Waals surface area (Å²) in [6.07, 6.45) is 1.66. The van der Waals surface area contributed by atoms with Gasteiger partial charge < -0.3 is 33.9 Å². The molecule has 0 saturated heterocycles. The SMILES string of the molecule is CCOC(=O)[C@@]1(Cc2ccc(OCc3cc(C)nc4ccccc34)cc2)C[C@@H]1C(=O)NO.CCOC(=O)[C@@]1(Cc2ccc(OCc3cc(C)nc4ccccc34)cc2)C[C@@H]1C(=O)N[C@H](C)C(=O)NO.Cc1cc(COc2cccc([C@@]3(C(=O)N(C)Cc4ccccc4)C[C@H]3C(=O)NO)c2)c2ccccc2n1. The van der Waals surface area contributed by atoms with Crippen molar-refractivity contribution < 1.29 is 72.9 Å². The van der Waals surface area contributed by atoms with Crippen molar-refractivity contribution in [2.24, 2.45) is 28.6 Å². The van der Waals surface area contributed by atoms with Crippen LogP contribution in [-0.2, 0) is 87.7 Å². The van der Waals surface area contributed by atoms with Crippen LogP contribution in [0.3, 0.4) is 0 Å². The van der Waals surface area contributed by atoms with Crippen molar-refractivity contribution in [3.8, 4) is 17.2 Å². The number of hydrogen-bond acceptors (Lipinski definition) is 18. The first-order chi connectivity index (χ1) is 51.1. The summed E-state index contributed by atoms with van der Waals surface area (Å²) in [4.78, 5) is 103. The summed E-state index contributed by atoms with van der Waals surface area (Å²) in [6.45, 7) is 12.8. The fourth-order valence-electron chi connectivity index (χ4n) is 14.0. The van der Waals surface area contributed by atoms with Crippen LogP contribution in [0.4, 0.5) is 0 Å². The van der Waals surface area contributed by atoms with E-state index >= 15 is 0 Å². The smallest absolute Gasteiger partial charge is 0.313 e. The highest BCUT2D eigenvalue weighted by atomic mass is 16.5. The number of pyridine rings is 3. The molecule has 10 aromatic rings. The highest BCUT2D eigenvalue weighted by molar-refractivity contribution is 6.01. The van der Waals surface area contributed by atoms with Crippen LogP contribution in [0.2, 0.25) is 0 Å². The number of benzene rings is 7. The van der Waals surface area contributed by atoms with Crippen molar-refractivity contribution in [3.63, 3.8) is 0 Å². The highest BCUT2D eigenvalue weighted by Crippen LogP contribution is 2.58. The second-order valence-corrected chi connectivity index (χ2v) is 27.2. The van der Waals surface area contributed by atoms with Crippen molar-refractivity contribution in [3.05, 3.63) is 250 Å². The molecule has 3 heterocycles. The summed E-state index contributed by atoms with van der Waals surface area (Å²) in [6, 6.07) is 61.0. The molecular weight excluding hydrogens is 1350 g/mol. The van der Waals surface area contributed by atoms with Gasteiger partial charge in [0.25, 0.3) is 5.91 Å². The molecule has 7 N–H and O–H groups in total. The van der Waals surface area contributed by atoms with Gasteiger partial charge in [0.15, 0.2) is 0 Å². The average molecular weight is 1440 g/mol. The van der Waals surface area contributed by atoms with Gasteiger partial charge >= 0.3 is 11.9 Å². The van der Waals surface area contributed by atoms with Crippen LogP contribution < -0.4 is 36.0 Å². The monoisotopic (exact) mass is 1430 g/mol. The summed E-state index contributed by atoms with van der Waals surface area (Å²) in [5, 5.41) is 32.7. The number of aryl methyl sites for hydroxylation is 3. The molecule has 0 spiro atoms. The predicted molar refractivity (Wildman–Crippen MR) is 394 cm³/mol. The first kappa shape index (κ1) is 75.5. The molecule has 23 nitrogen and oxygen atoms in total. The molecule has 3 aromatic heterocycles. The number of aromatic nitrogens is 3. The highest BCUT2D eigenvalue weighted by Gasteiger charge is 2.67. The van der Waals surface area contributed by atoms with Crippen molar-refractivity contribution >= 4 is 74.2 Å². The fraction of sp³-hybridized carbons (Fsp3) is 0.301. The maximum absolute atomic E-state index is 13.8. The van der Waals surface area contributed by atoms with Gasteiger partial charge in [-0.05, 0) is 169 Å². The lowest BCUT2D eigenvalue weighted by Gasteiger charge is -2.25. The zero-order valence-corrected chi connectivity index (χ0v) is 60.1. The standard InChI is InChI=1S/C30H29N3O4.C28H31N3O6.C25H26N2O5/c1-20-15-22(25-13-6-7-14-27(25)31-20)19-37-24-12-8-11-23(16-24)30(17-26(30)28(34)32-36)29(35)33(2)18-21-9-4-3-5-10-21;1-4-36-27(34)28(15-23(28)26(33)30-18(3)25(32)31-35)14-19-9-11-21(12-10-19)37-16-20-13-17(2)29-24-8-6-5-7-22(20)24;1-3-31-24(29)25(14-21(25)23(28)27-30)13-17-8-10-19(11-9-17)32-15-18-12-16(2)26-22-7-5-4-6-20(18)22/h3-16,26,36H,17-19H2,1-2H3,(H,32,34);5-13,18,23,35H,4,14-16H2,1-3H3,(H,30,33)(H,31,32);4-12,21,30H,3,13-15H2,1-2H3,(H,27,28)/t26-,30-;18-,23-,28+;21-,25+/m011/s1.